The first kappa shape index (κ1) is 13.4. The predicted molar refractivity (Wildman–Crippen MR) is 67.8 cm³/mol. The molecule has 7 heteroatoms. The third-order valence-electron chi connectivity index (χ3n) is 2.12. The number of hydrogen-bond acceptors (Lipinski definition) is 4. The molecular formula is C11H11N5O2. The molecule has 0 fully saturated rings. The first-order chi connectivity index (χ1) is 8.56. The standard InChI is InChI=1S/C11H11N5O2/c1-8-6-9(4-2-3-5-14-15-13)11(12)10(7-8)16(17)18/h6-7H,3,5,12H2,1H3. The van der Waals surface area contributed by atoms with E-state index in [0.717, 1.165) is 5.56 Å². The van der Waals surface area contributed by atoms with E-state index in [0.29, 0.717) is 12.0 Å². The number of benzene rings is 1. The molecule has 0 amide bonds. The normalized spacial score (nSPS) is 8.94. The van der Waals surface area contributed by atoms with Crippen molar-refractivity contribution in [1.82, 2.24) is 0 Å². The van der Waals surface area contributed by atoms with Crippen LogP contribution in [-0.4, -0.2) is 11.5 Å². The van der Waals surface area contributed by atoms with Gasteiger partial charge in [-0.1, -0.05) is 17.0 Å². The molecule has 18 heavy (non-hydrogen) atoms. The molecule has 0 bridgehead atoms. The van der Waals surface area contributed by atoms with Crippen molar-refractivity contribution in [3.8, 4) is 11.8 Å². The van der Waals surface area contributed by atoms with E-state index in [-0.39, 0.29) is 17.9 Å². The van der Waals surface area contributed by atoms with Gasteiger partial charge in [-0.2, -0.15) is 0 Å². The monoisotopic (exact) mass is 245 g/mol. The van der Waals surface area contributed by atoms with Gasteiger partial charge in [-0.25, -0.2) is 0 Å². The third-order valence-corrected chi connectivity index (χ3v) is 2.12. The van der Waals surface area contributed by atoms with Crippen LogP contribution in [0, 0.1) is 28.9 Å². The van der Waals surface area contributed by atoms with Gasteiger partial charge in [0.15, 0.2) is 0 Å². The summed E-state index contributed by atoms with van der Waals surface area (Å²) in [5.74, 6) is 5.50. The highest BCUT2D eigenvalue weighted by atomic mass is 16.6. The molecular weight excluding hydrogens is 234 g/mol. The summed E-state index contributed by atoms with van der Waals surface area (Å²) in [6.07, 6.45) is 0.380. The van der Waals surface area contributed by atoms with Crippen LogP contribution in [0.3, 0.4) is 0 Å². The molecule has 1 aromatic carbocycles. The second-order valence-corrected chi connectivity index (χ2v) is 3.51. The molecule has 0 aliphatic heterocycles. The van der Waals surface area contributed by atoms with E-state index in [1.807, 2.05) is 0 Å². The zero-order valence-corrected chi connectivity index (χ0v) is 9.75. The molecule has 0 spiro atoms. The van der Waals surface area contributed by atoms with E-state index in [9.17, 15) is 10.1 Å². The topological polar surface area (TPSA) is 118 Å². The van der Waals surface area contributed by atoms with Gasteiger partial charge in [-0.05, 0) is 24.1 Å². The summed E-state index contributed by atoms with van der Waals surface area (Å²) in [5, 5.41) is 14.1. The summed E-state index contributed by atoms with van der Waals surface area (Å²) in [6, 6.07) is 3.09. The van der Waals surface area contributed by atoms with Crippen molar-refractivity contribution in [3.05, 3.63) is 43.8 Å². The Morgan fingerprint density at radius 3 is 2.94 bits per heavy atom. The number of nitro groups is 1. The number of nitrogens with two attached hydrogens (primary N) is 1. The van der Waals surface area contributed by atoms with Crippen molar-refractivity contribution in [2.24, 2.45) is 5.11 Å². The Labute approximate surface area is 103 Å². The lowest BCUT2D eigenvalue weighted by molar-refractivity contribution is -0.383. The first-order valence-corrected chi connectivity index (χ1v) is 5.10. The number of aryl methyl sites for hydroxylation is 1. The average Bonchev–Trinajstić information content (AvgIpc) is 2.32. The summed E-state index contributed by atoms with van der Waals surface area (Å²) in [6.45, 7) is 1.99. The minimum Gasteiger partial charge on any atom is -0.392 e. The number of nitrogens with zero attached hydrogens (tertiary/aromatic N) is 4. The van der Waals surface area contributed by atoms with E-state index < -0.39 is 4.92 Å². The summed E-state index contributed by atoms with van der Waals surface area (Å²) < 4.78 is 0. The van der Waals surface area contributed by atoms with E-state index >= 15 is 0 Å². The van der Waals surface area contributed by atoms with Gasteiger partial charge in [-0.3, -0.25) is 10.1 Å². The number of rotatable bonds is 3. The molecule has 0 aliphatic carbocycles. The van der Waals surface area contributed by atoms with Gasteiger partial charge in [0.2, 0.25) is 0 Å². The molecule has 0 atom stereocenters. The summed E-state index contributed by atoms with van der Waals surface area (Å²) in [5.41, 5.74) is 14.8. The Balaban J connectivity index is 3.02. The van der Waals surface area contributed by atoms with Gasteiger partial charge in [0.05, 0.1) is 10.5 Å². The smallest absolute Gasteiger partial charge is 0.293 e. The van der Waals surface area contributed by atoms with Crippen LogP contribution in [0.15, 0.2) is 17.2 Å². The van der Waals surface area contributed by atoms with Crippen LogP contribution in [-0.2, 0) is 0 Å². The average molecular weight is 245 g/mol. The molecule has 92 valence electrons. The molecule has 2 N–H and O–H groups in total. The third kappa shape index (κ3) is 3.40. The molecule has 0 radical (unpaired) electrons. The Morgan fingerprint density at radius 2 is 2.33 bits per heavy atom. The lowest BCUT2D eigenvalue weighted by atomic mass is 10.1. The summed E-state index contributed by atoms with van der Waals surface area (Å²) >= 11 is 0. The maximum atomic E-state index is 10.8. The number of azide groups is 1. The molecule has 0 unspecified atom stereocenters. The minimum atomic E-state index is -0.534. The fourth-order valence-corrected chi connectivity index (χ4v) is 1.34. The quantitative estimate of drug-likeness (QED) is 0.129. The zero-order valence-electron chi connectivity index (χ0n) is 9.75. The largest absolute Gasteiger partial charge is 0.392 e. The lowest BCUT2D eigenvalue weighted by Crippen LogP contribution is -1.99. The highest BCUT2D eigenvalue weighted by molar-refractivity contribution is 5.69. The summed E-state index contributed by atoms with van der Waals surface area (Å²) in [7, 11) is 0. The van der Waals surface area contributed by atoms with Gasteiger partial charge < -0.3 is 5.73 Å². The maximum Gasteiger partial charge on any atom is 0.293 e. The fourth-order valence-electron chi connectivity index (χ4n) is 1.34. The van der Waals surface area contributed by atoms with E-state index in [1.54, 1.807) is 13.0 Å². The molecule has 0 heterocycles. The van der Waals surface area contributed by atoms with Gasteiger partial charge in [0, 0.05) is 23.9 Å². The molecule has 7 nitrogen and oxygen atoms in total. The van der Waals surface area contributed by atoms with E-state index in [2.05, 4.69) is 21.9 Å². The van der Waals surface area contributed by atoms with Crippen molar-refractivity contribution in [1.29, 1.82) is 0 Å². The van der Waals surface area contributed by atoms with Crippen molar-refractivity contribution < 1.29 is 4.92 Å². The Bertz CT molecular complexity index is 579. The van der Waals surface area contributed by atoms with Crippen molar-refractivity contribution in [2.75, 3.05) is 12.3 Å². The SMILES string of the molecule is Cc1cc(C#CCCN=[N+]=[N-])c(N)c([N+](=O)[O-])c1. The zero-order chi connectivity index (χ0) is 13.5. The number of nitrogen functional groups attached to an aromatic ring is 1. The fraction of sp³-hybridized carbons (Fsp3) is 0.273. The highest BCUT2D eigenvalue weighted by Crippen LogP contribution is 2.26. The van der Waals surface area contributed by atoms with Gasteiger partial charge in [-0.15, -0.1) is 0 Å². The van der Waals surface area contributed by atoms with E-state index in [4.69, 9.17) is 11.3 Å². The highest BCUT2D eigenvalue weighted by Gasteiger charge is 2.14. The number of anilines is 1. The lowest BCUT2D eigenvalue weighted by Gasteiger charge is -2.01. The van der Waals surface area contributed by atoms with Crippen LogP contribution < -0.4 is 5.73 Å². The van der Waals surface area contributed by atoms with Crippen LogP contribution in [0.25, 0.3) is 10.4 Å². The molecule has 0 aromatic heterocycles. The Kier molecular flexibility index (Phi) is 4.55. The Morgan fingerprint density at radius 1 is 1.61 bits per heavy atom. The predicted octanol–water partition coefficient (Wildman–Crippen LogP) is 2.54. The van der Waals surface area contributed by atoms with Crippen LogP contribution in [0.1, 0.15) is 17.5 Å². The molecule has 1 rings (SSSR count). The molecule has 1 aromatic rings. The van der Waals surface area contributed by atoms with Gasteiger partial charge in [0.1, 0.15) is 5.69 Å². The van der Waals surface area contributed by atoms with Crippen molar-refractivity contribution in [2.45, 2.75) is 13.3 Å². The number of nitro benzene ring substituents is 1. The van der Waals surface area contributed by atoms with Crippen molar-refractivity contribution in [3.63, 3.8) is 0 Å². The van der Waals surface area contributed by atoms with Crippen LogP contribution >= 0.6 is 0 Å². The van der Waals surface area contributed by atoms with Gasteiger partial charge in [0.25, 0.3) is 5.69 Å². The number of hydrogen-bond donors (Lipinski definition) is 1. The summed E-state index contributed by atoms with van der Waals surface area (Å²) in [4.78, 5) is 12.8. The molecule has 0 aliphatic rings. The Hall–Kier alpha value is -2.71. The maximum absolute atomic E-state index is 10.8. The van der Waals surface area contributed by atoms with Crippen molar-refractivity contribution >= 4 is 11.4 Å². The minimum absolute atomic E-state index is 0.0573. The van der Waals surface area contributed by atoms with Crippen LogP contribution in [0.4, 0.5) is 11.4 Å². The van der Waals surface area contributed by atoms with E-state index in [1.165, 1.54) is 6.07 Å². The second-order valence-electron chi connectivity index (χ2n) is 3.51. The first-order valence-electron chi connectivity index (χ1n) is 5.10. The van der Waals surface area contributed by atoms with Crippen LogP contribution in [0.2, 0.25) is 0 Å². The second kappa shape index (κ2) is 6.13. The van der Waals surface area contributed by atoms with Gasteiger partial charge >= 0.3 is 0 Å². The molecule has 0 saturated heterocycles. The molecule has 0 saturated carbocycles. The van der Waals surface area contributed by atoms with Crippen LogP contribution in [0.5, 0.6) is 0 Å².